The van der Waals surface area contributed by atoms with E-state index in [4.69, 9.17) is 6.42 Å². The van der Waals surface area contributed by atoms with Crippen LogP contribution in [0.25, 0.3) is 0 Å². The van der Waals surface area contributed by atoms with Gasteiger partial charge in [-0.2, -0.15) is 0 Å². The third-order valence-corrected chi connectivity index (χ3v) is 3.47. The molecule has 1 N–H and O–H groups in total. The van der Waals surface area contributed by atoms with Crippen molar-refractivity contribution in [3.05, 3.63) is 51.7 Å². The zero-order valence-electron chi connectivity index (χ0n) is 9.16. The first-order valence-electron chi connectivity index (χ1n) is 5.13. The van der Waals surface area contributed by atoms with Gasteiger partial charge in [0.2, 0.25) is 0 Å². The van der Waals surface area contributed by atoms with E-state index in [9.17, 15) is 0 Å². The van der Waals surface area contributed by atoms with Gasteiger partial charge in [0, 0.05) is 22.7 Å². The number of anilines is 1. The summed E-state index contributed by atoms with van der Waals surface area (Å²) in [5.74, 6) is 2.63. The molecule has 0 aliphatic heterocycles. The summed E-state index contributed by atoms with van der Waals surface area (Å²) in [4.78, 5) is 1.37. The van der Waals surface area contributed by atoms with Gasteiger partial charge < -0.3 is 5.32 Å². The zero-order chi connectivity index (χ0) is 11.4. The summed E-state index contributed by atoms with van der Waals surface area (Å²) in [5.41, 5.74) is 3.32. The Bertz CT molecular complexity index is 520. The molecule has 0 fully saturated rings. The Labute approximate surface area is 100 Å². The summed E-state index contributed by atoms with van der Waals surface area (Å²) in [7, 11) is 0. The van der Waals surface area contributed by atoms with E-state index in [-0.39, 0.29) is 0 Å². The molecule has 1 aromatic heterocycles. The molecule has 2 heteroatoms. The molecule has 0 aliphatic carbocycles. The van der Waals surface area contributed by atoms with Crippen LogP contribution in [0.15, 0.2) is 35.7 Å². The van der Waals surface area contributed by atoms with Gasteiger partial charge in [-0.15, -0.1) is 17.8 Å². The van der Waals surface area contributed by atoms with Crippen LogP contribution < -0.4 is 5.32 Å². The van der Waals surface area contributed by atoms with Gasteiger partial charge in [-0.05, 0) is 42.1 Å². The molecule has 1 aromatic carbocycles. The SMILES string of the molecule is C#Cc1cccc(NCc2sccc2C)c1. The smallest absolute Gasteiger partial charge is 0.0496 e. The highest BCUT2D eigenvalue weighted by Crippen LogP contribution is 2.18. The monoisotopic (exact) mass is 227 g/mol. The third-order valence-electron chi connectivity index (χ3n) is 2.45. The Morgan fingerprint density at radius 1 is 1.38 bits per heavy atom. The minimum atomic E-state index is 0.859. The van der Waals surface area contributed by atoms with Crippen molar-refractivity contribution in [3.63, 3.8) is 0 Å². The first kappa shape index (κ1) is 10.8. The van der Waals surface area contributed by atoms with E-state index in [0.29, 0.717) is 0 Å². The van der Waals surface area contributed by atoms with E-state index in [2.05, 4.69) is 29.6 Å². The lowest BCUT2D eigenvalue weighted by Crippen LogP contribution is -1.98. The molecular weight excluding hydrogens is 214 g/mol. The van der Waals surface area contributed by atoms with Gasteiger partial charge in [-0.3, -0.25) is 0 Å². The molecule has 0 radical (unpaired) electrons. The molecule has 1 nitrogen and oxygen atoms in total. The Morgan fingerprint density at radius 2 is 2.25 bits per heavy atom. The maximum Gasteiger partial charge on any atom is 0.0496 e. The molecule has 0 saturated carbocycles. The Kier molecular flexibility index (Phi) is 3.28. The quantitative estimate of drug-likeness (QED) is 0.789. The fourth-order valence-electron chi connectivity index (χ4n) is 1.49. The van der Waals surface area contributed by atoms with Crippen LogP contribution in [-0.2, 0) is 6.54 Å². The van der Waals surface area contributed by atoms with Crippen LogP contribution in [0.3, 0.4) is 0 Å². The molecular formula is C14H13NS. The predicted molar refractivity (Wildman–Crippen MR) is 70.8 cm³/mol. The van der Waals surface area contributed by atoms with Crippen LogP contribution in [0.1, 0.15) is 16.0 Å². The van der Waals surface area contributed by atoms with Crippen LogP contribution in [0, 0.1) is 19.3 Å². The average Bonchev–Trinajstić information content (AvgIpc) is 2.72. The summed E-state index contributed by atoms with van der Waals surface area (Å²) in [6.45, 7) is 2.99. The molecule has 0 bridgehead atoms. The van der Waals surface area contributed by atoms with Gasteiger partial charge in [0.05, 0.1) is 0 Å². The van der Waals surface area contributed by atoms with Crippen molar-refractivity contribution in [3.8, 4) is 12.3 Å². The van der Waals surface area contributed by atoms with Crippen molar-refractivity contribution >= 4 is 17.0 Å². The molecule has 0 atom stereocenters. The first-order chi connectivity index (χ1) is 7.79. The fraction of sp³-hybridized carbons (Fsp3) is 0.143. The number of aryl methyl sites for hydroxylation is 1. The minimum Gasteiger partial charge on any atom is -0.380 e. The van der Waals surface area contributed by atoms with Crippen molar-refractivity contribution in [1.82, 2.24) is 0 Å². The number of benzene rings is 1. The summed E-state index contributed by atoms with van der Waals surface area (Å²) in [5, 5.41) is 5.49. The van der Waals surface area contributed by atoms with Crippen LogP contribution >= 0.6 is 11.3 Å². The predicted octanol–water partition coefficient (Wildman–Crippen LogP) is 3.65. The number of thiophene rings is 1. The molecule has 0 aliphatic rings. The minimum absolute atomic E-state index is 0.859. The van der Waals surface area contributed by atoms with Crippen LogP contribution in [0.4, 0.5) is 5.69 Å². The van der Waals surface area contributed by atoms with Crippen molar-refractivity contribution in [2.75, 3.05) is 5.32 Å². The summed E-state index contributed by atoms with van der Waals surface area (Å²) in [6.07, 6.45) is 5.36. The number of terminal acetylenes is 1. The zero-order valence-corrected chi connectivity index (χ0v) is 9.97. The van der Waals surface area contributed by atoms with Gasteiger partial charge in [-0.1, -0.05) is 12.0 Å². The molecule has 0 spiro atoms. The van der Waals surface area contributed by atoms with Crippen molar-refractivity contribution in [1.29, 1.82) is 0 Å². The molecule has 80 valence electrons. The van der Waals surface area contributed by atoms with Crippen LogP contribution in [0.5, 0.6) is 0 Å². The van der Waals surface area contributed by atoms with Crippen molar-refractivity contribution in [2.24, 2.45) is 0 Å². The lowest BCUT2D eigenvalue weighted by atomic mass is 10.2. The number of hydrogen-bond donors (Lipinski definition) is 1. The lowest BCUT2D eigenvalue weighted by Gasteiger charge is -2.06. The van der Waals surface area contributed by atoms with E-state index in [1.54, 1.807) is 11.3 Å². The molecule has 1 heterocycles. The molecule has 0 amide bonds. The van der Waals surface area contributed by atoms with E-state index in [0.717, 1.165) is 17.8 Å². The third kappa shape index (κ3) is 2.44. The number of hydrogen-bond acceptors (Lipinski definition) is 2. The number of nitrogens with one attached hydrogen (secondary N) is 1. The van der Waals surface area contributed by atoms with Gasteiger partial charge in [0.25, 0.3) is 0 Å². The molecule has 16 heavy (non-hydrogen) atoms. The first-order valence-corrected chi connectivity index (χ1v) is 6.01. The Morgan fingerprint density at radius 3 is 2.94 bits per heavy atom. The van der Waals surface area contributed by atoms with Gasteiger partial charge in [0.1, 0.15) is 0 Å². The van der Waals surface area contributed by atoms with Crippen LogP contribution in [-0.4, -0.2) is 0 Å². The highest BCUT2D eigenvalue weighted by atomic mass is 32.1. The lowest BCUT2D eigenvalue weighted by molar-refractivity contribution is 1.17. The molecule has 2 rings (SSSR count). The normalized spacial score (nSPS) is 9.75. The Balaban J connectivity index is 2.05. The maximum atomic E-state index is 5.36. The van der Waals surface area contributed by atoms with E-state index >= 15 is 0 Å². The fourth-order valence-corrected chi connectivity index (χ4v) is 2.33. The van der Waals surface area contributed by atoms with Gasteiger partial charge in [0.15, 0.2) is 0 Å². The molecule has 2 aromatic rings. The summed E-state index contributed by atoms with van der Waals surface area (Å²) in [6, 6.07) is 10.1. The highest BCUT2D eigenvalue weighted by Gasteiger charge is 1.99. The largest absolute Gasteiger partial charge is 0.380 e. The van der Waals surface area contributed by atoms with Crippen LogP contribution in [0.2, 0.25) is 0 Å². The second-order valence-electron chi connectivity index (χ2n) is 3.61. The molecule has 0 saturated heterocycles. The second kappa shape index (κ2) is 4.87. The van der Waals surface area contributed by atoms with Crippen molar-refractivity contribution < 1.29 is 0 Å². The summed E-state index contributed by atoms with van der Waals surface area (Å²) < 4.78 is 0. The van der Waals surface area contributed by atoms with Gasteiger partial charge >= 0.3 is 0 Å². The Hall–Kier alpha value is -1.72. The standard InChI is InChI=1S/C14H13NS/c1-3-12-5-4-6-13(9-12)15-10-14-11(2)7-8-16-14/h1,4-9,15H,10H2,2H3. The maximum absolute atomic E-state index is 5.36. The van der Waals surface area contributed by atoms with E-state index in [1.165, 1.54) is 10.4 Å². The second-order valence-corrected chi connectivity index (χ2v) is 4.61. The van der Waals surface area contributed by atoms with E-state index in [1.807, 2.05) is 24.3 Å². The van der Waals surface area contributed by atoms with E-state index < -0.39 is 0 Å². The molecule has 0 unspecified atom stereocenters. The number of rotatable bonds is 3. The summed E-state index contributed by atoms with van der Waals surface area (Å²) >= 11 is 1.78. The van der Waals surface area contributed by atoms with Gasteiger partial charge in [-0.25, -0.2) is 0 Å². The average molecular weight is 227 g/mol. The van der Waals surface area contributed by atoms with Crippen molar-refractivity contribution in [2.45, 2.75) is 13.5 Å². The highest BCUT2D eigenvalue weighted by molar-refractivity contribution is 7.10. The topological polar surface area (TPSA) is 12.0 Å².